The summed E-state index contributed by atoms with van der Waals surface area (Å²) >= 11 is 0. The van der Waals surface area contributed by atoms with Gasteiger partial charge in [0.25, 0.3) is 0 Å². The van der Waals surface area contributed by atoms with E-state index in [0.717, 1.165) is 18.9 Å². The predicted octanol–water partition coefficient (Wildman–Crippen LogP) is 4.39. The number of piperidine rings is 1. The second kappa shape index (κ2) is 9.25. The molecule has 156 valence electrons. The number of likely N-dealkylation sites (tertiary alicyclic amines) is 1. The van der Waals surface area contributed by atoms with Crippen molar-refractivity contribution >= 4 is 17.6 Å². The van der Waals surface area contributed by atoms with Crippen molar-refractivity contribution in [1.29, 1.82) is 0 Å². The zero-order valence-corrected chi connectivity index (χ0v) is 15.9. The van der Waals surface area contributed by atoms with E-state index < -0.39 is 23.6 Å². The first kappa shape index (κ1) is 22.0. The SMILES string of the molecule is CCC(CC)C(=O)N1CCC(NC(=O)Nc2ccc(C(F)(F)F)c(F)c2)CC1. The first-order valence-corrected chi connectivity index (χ1v) is 9.38. The molecule has 1 fully saturated rings. The Morgan fingerprint density at radius 3 is 2.29 bits per heavy atom. The highest BCUT2D eigenvalue weighted by Gasteiger charge is 2.34. The Bertz CT molecular complexity index is 697. The third kappa shape index (κ3) is 5.59. The van der Waals surface area contributed by atoms with Crippen LogP contribution >= 0.6 is 0 Å². The Hall–Kier alpha value is -2.32. The lowest BCUT2D eigenvalue weighted by Crippen LogP contribution is -2.48. The van der Waals surface area contributed by atoms with Crippen LogP contribution in [0.1, 0.15) is 45.1 Å². The van der Waals surface area contributed by atoms with Crippen LogP contribution in [-0.4, -0.2) is 36.0 Å². The summed E-state index contributed by atoms with van der Waals surface area (Å²) in [4.78, 5) is 26.2. The second-order valence-electron chi connectivity index (χ2n) is 6.90. The molecule has 0 saturated carbocycles. The largest absolute Gasteiger partial charge is 0.419 e. The van der Waals surface area contributed by atoms with Crippen LogP contribution in [0.25, 0.3) is 0 Å². The first-order chi connectivity index (χ1) is 13.2. The standard InChI is InChI=1S/C19H25F4N3O2/c1-3-12(4-2)17(27)26-9-7-13(8-10-26)24-18(28)25-14-5-6-15(16(20)11-14)19(21,22)23/h5-6,11-13H,3-4,7-10H2,1-2H3,(H2,24,25,28). The van der Waals surface area contributed by atoms with Crippen LogP contribution in [0, 0.1) is 11.7 Å². The minimum absolute atomic E-state index is 0.0161. The normalized spacial score (nSPS) is 15.6. The van der Waals surface area contributed by atoms with Crippen molar-refractivity contribution in [3.05, 3.63) is 29.6 Å². The van der Waals surface area contributed by atoms with Crippen LogP contribution < -0.4 is 10.6 Å². The van der Waals surface area contributed by atoms with Crippen molar-refractivity contribution in [2.75, 3.05) is 18.4 Å². The molecule has 0 radical (unpaired) electrons. The van der Waals surface area contributed by atoms with E-state index in [4.69, 9.17) is 0 Å². The Morgan fingerprint density at radius 1 is 1.18 bits per heavy atom. The lowest BCUT2D eigenvalue weighted by Gasteiger charge is -2.34. The fourth-order valence-corrected chi connectivity index (χ4v) is 3.32. The lowest BCUT2D eigenvalue weighted by molar-refractivity contribution is -0.140. The highest BCUT2D eigenvalue weighted by Crippen LogP contribution is 2.32. The number of rotatable bonds is 5. The number of anilines is 1. The number of carbonyl (C=O) groups excluding carboxylic acids is 2. The summed E-state index contributed by atoms with van der Waals surface area (Å²) in [6.45, 7) is 5.04. The summed E-state index contributed by atoms with van der Waals surface area (Å²) in [5.74, 6) is -1.30. The molecular formula is C19H25F4N3O2. The summed E-state index contributed by atoms with van der Waals surface area (Å²) < 4.78 is 51.3. The Kier molecular flexibility index (Phi) is 7.26. The fourth-order valence-electron chi connectivity index (χ4n) is 3.32. The third-order valence-electron chi connectivity index (χ3n) is 5.01. The number of benzene rings is 1. The molecule has 1 heterocycles. The minimum atomic E-state index is -4.79. The van der Waals surface area contributed by atoms with Gasteiger partial charge in [0.2, 0.25) is 5.91 Å². The van der Waals surface area contributed by atoms with E-state index in [1.165, 1.54) is 0 Å². The van der Waals surface area contributed by atoms with Crippen LogP contribution in [0.15, 0.2) is 18.2 Å². The van der Waals surface area contributed by atoms with E-state index in [0.29, 0.717) is 38.1 Å². The van der Waals surface area contributed by atoms with Gasteiger partial charge in [0.05, 0.1) is 5.56 Å². The summed E-state index contributed by atoms with van der Waals surface area (Å²) in [5.41, 5.74) is -1.45. The predicted molar refractivity (Wildman–Crippen MR) is 97.2 cm³/mol. The van der Waals surface area contributed by atoms with Gasteiger partial charge in [-0.25, -0.2) is 9.18 Å². The zero-order valence-electron chi connectivity index (χ0n) is 15.9. The maximum atomic E-state index is 13.6. The Labute approximate surface area is 161 Å². The number of alkyl halides is 3. The molecule has 28 heavy (non-hydrogen) atoms. The number of nitrogens with zero attached hydrogens (tertiary/aromatic N) is 1. The molecule has 1 aromatic rings. The number of carbonyl (C=O) groups is 2. The van der Waals surface area contributed by atoms with E-state index in [1.807, 2.05) is 13.8 Å². The molecule has 1 aliphatic rings. The molecule has 3 amide bonds. The zero-order chi connectivity index (χ0) is 20.9. The van der Waals surface area contributed by atoms with Crippen molar-refractivity contribution in [2.24, 2.45) is 5.92 Å². The molecule has 1 saturated heterocycles. The summed E-state index contributed by atoms with van der Waals surface area (Å²) in [5, 5.41) is 5.06. The molecule has 0 unspecified atom stereocenters. The Balaban J connectivity index is 1.85. The molecule has 1 aliphatic heterocycles. The van der Waals surface area contributed by atoms with Crippen molar-refractivity contribution < 1.29 is 27.2 Å². The highest BCUT2D eigenvalue weighted by atomic mass is 19.4. The topological polar surface area (TPSA) is 61.4 Å². The van der Waals surface area contributed by atoms with Crippen molar-refractivity contribution in [3.63, 3.8) is 0 Å². The molecular weight excluding hydrogens is 378 g/mol. The molecule has 0 spiro atoms. The van der Waals surface area contributed by atoms with Gasteiger partial charge in [0.15, 0.2) is 0 Å². The van der Waals surface area contributed by atoms with Crippen molar-refractivity contribution in [2.45, 2.75) is 51.7 Å². The monoisotopic (exact) mass is 403 g/mol. The number of hydrogen-bond acceptors (Lipinski definition) is 2. The van der Waals surface area contributed by atoms with E-state index in [-0.39, 0.29) is 23.6 Å². The quantitative estimate of drug-likeness (QED) is 0.717. The first-order valence-electron chi connectivity index (χ1n) is 9.38. The molecule has 0 aliphatic carbocycles. The van der Waals surface area contributed by atoms with Crippen LogP contribution in [0.5, 0.6) is 0 Å². The maximum absolute atomic E-state index is 13.6. The van der Waals surface area contributed by atoms with Gasteiger partial charge < -0.3 is 15.5 Å². The number of nitrogens with one attached hydrogen (secondary N) is 2. The van der Waals surface area contributed by atoms with Gasteiger partial charge in [-0.2, -0.15) is 13.2 Å². The molecule has 0 aromatic heterocycles. The van der Waals surface area contributed by atoms with E-state index in [2.05, 4.69) is 10.6 Å². The number of hydrogen-bond donors (Lipinski definition) is 2. The van der Waals surface area contributed by atoms with Crippen LogP contribution in [-0.2, 0) is 11.0 Å². The molecule has 2 rings (SSSR count). The second-order valence-corrected chi connectivity index (χ2v) is 6.90. The number of amides is 3. The fraction of sp³-hybridized carbons (Fsp3) is 0.579. The molecule has 9 heteroatoms. The molecule has 0 atom stereocenters. The van der Waals surface area contributed by atoms with Gasteiger partial charge in [-0.15, -0.1) is 0 Å². The smallest absolute Gasteiger partial charge is 0.342 e. The van der Waals surface area contributed by atoms with Crippen LogP contribution in [0.3, 0.4) is 0 Å². The molecule has 0 bridgehead atoms. The summed E-state index contributed by atoms with van der Waals surface area (Å²) in [7, 11) is 0. The highest BCUT2D eigenvalue weighted by molar-refractivity contribution is 5.89. The lowest BCUT2D eigenvalue weighted by atomic mass is 9.98. The van der Waals surface area contributed by atoms with Crippen LogP contribution in [0.2, 0.25) is 0 Å². The van der Waals surface area contributed by atoms with Gasteiger partial charge in [-0.1, -0.05) is 13.8 Å². The van der Waals surface area contributed by atoms with Crippen molar-refractivity contribution in [3.8, 4) is 0 Å². The van der Waals surface area contributed by atoms with Gasteiger partial charge in [-0.05, 0) is 43.9 Å². The Morgan fingerprint density at radius 2 is 1.79 bits per heavy atom. The van der Waals surface area contributed by atoms with Gasteiger partial charge >= 0.3 is 12.2 Å². The minimum Gasteiger partial charge on any atom is -0.342 e. The van der Waals surface area contributed by atoms with E-state index in [9.17, 15) is 27.2 Å². The summed E-state index contributed by atoms with van der Waals surface area (Å²) in [6.07, 6.45) is -2.04. The van der Waals surface area contributed by atoms with Crippen LogP contribution in [0.4, 0.5) is 28.0 Å². The van der Waals surface area contributed by atoms with Gasteiger partial charge in [-0.3, -0.25) is 4.79 Å². The average Bonchev–Trinajstić information content (AvgIpc) is 2.62. The van der Waals surface area contributed by atoms with Crippen molar-refractivity contribution in [1.82, 2.24) is 10.2 Å². The molecule has 5 nitrogen and oxygen atoms in total. The number of urea groups is 1. The van der Waals surface area contributed by atoms with Gasteiger partial charge in [0.1, 0.15) is 5.82 Å². The van der Waals surface area contributed by atoms with Gasteiger partial charge in [0, 0.05) is 30.7 Å². The maximum Gasteiger partial charge on any atom is 0.419 e. The molecule has 1 aromatic carbocycles. The molecule has 2 N–H and O–H groups in total. The van der Waals surface area contributed by atoms with E-state index >= 15 is 0 Å². The van der Waals surface area contributed by atoms with E-state index in [1.54, 1.807) is 4.90 Å². The third-order valence-corrected chi connectivity index (χ3v) is 5.01. The average molecular weight is 403 g/mol. The summed E-state index contributed by atoms with van der Waals surface area (Å²) in [6, 6.07) is 1.45. The number of halogens is 4.